The fourth-order valence-corrected chi connectivity index (χ4v) is 2.37. The number of aromatic nitrogens is 1. The second-order valence-corrected chi connectivity index (χ2v) is 5.76. The number of hydrogen-bond donors (Lipinski definition) is 1. The lowest BCUT2D eigenvalue weighted by Gasteiger charge is -2.05. The number of esters is 1. The molecule has 1 N–H and O–H groups in total. The fraction of sp³-hybridized carbons (Fsp3) is 0.222. The molecule has 2 heterocycles. The van der Waals surface area contributed by atoms with Gasteiger partial charge in [0.25, 0.3) is 0 Å². The lowest BCUT2D eigenvalue weighted by Crippen LogP contribution is -2.05. The minimum atomic E-state index is -0.421. The summed E-state index contributed by atoms with van der Waals surface area (Å²) in [6.45, 7) is 4.38. The van der Waals surface area contributed by atoms with Gasteiger partial charge in [-0.05, 0) is 48.2 Å². The second kappa shape index (κ2) is 6.02. The maximum atomic E-state index is 11.9. The van der Waals surface area contributed by atoms with Gasteiger partial charge in [-0.15, -0.1) is 0 Å². The summed E-state index contributed by atoms with van der Waals surface area (Å²) in [7, 11) is 0. The van der Waals surface area contributed by atoms with Gasteiger partial charge in [-0.3, -0.25) is 0 Å². The van der Waals surface area contributed by atoms with Gasteiger partial charge in [-0.2, -0.15) is 0 Å². The molecule has 112 valence electrons. The van der Waals surface area contributed by atoms with E-state index < -0.39 is 5.97 Å². The molecule has 0 unspecified atom stereocenters. The molecule has 4 nitrogen and oxygen atoms in total. The van der Waals surface area contributed by atoms with Crippen molar-refractivity contribution in [2.45, 2.75) is 20.3 Å². The van der Waals surface area contributed by atoms with E-state index >= 15 is 0 Å². The van der Waals surface area contributed by atoms with Gasteiger partial charge >= 0.3 is 5.97 Å². The number of aliphatic imine (C=N–C) groups is 1. The summed E-state index contributed by atoms with van der Waals surface area (Å²) in [5, 5.41) is 0. The Hall–Kier alpha value is -2.62. The van der Waals surface area contributed by atoms with Crippen molar-refractivity contribution < 1.29 is 9.53 Å². The van der Waals surface area contributed by atoms with Crippen LogP contribution >= 0.6 is 0 Å². The fourth-order valence-electron chi connectivity index (χ4n) is 2.37. The summed E-state index contributed by atoms with van der Waals surface area (Å²) >= 11 is 0. The third-order valence-electron chi connectivity index (χ3n) is 3.38. The van der Waals surface area contributed by atoms with Crippen LogP contribution < -0.4 is 0 Å². The minimum absolute atomic E-state index is 0.309. The number of rotatable bonds is 4. The van der Waals surface area contributed by atoms with Crippen LogP contribution in [0.15, 0.2) is 53.3 Å². The highest BCUT2D eigenvalue weighted by molar-refractivity contribution is 6.12. The third kappa shape index (κ3) is 3.17. The van der Waals surface area contributed by atoms with Crippen molar-refractivity contribution in [2.24, 2.45) is 10.9 Å². The number of ether oxygens (including phenoxy) is 1. The van der Waals surface area contributed by atoms with Crippen molar-refractivity contribution in [3.8, 4) is 0 Å². The number of nitrogens with zero attached hydrogens (tertiary/aromatic N) is 1. The van der Waals surface area contributed by atoms with Gasteiger partial charge in [0.05, 0.1) is 0 Å². The van der Waals surface area contributed by atoms with Gasteiger partial charge in [-0.1, -0.05) is 26.0 Å². The molecule has 22 heavy (non-hydrogen) atoms. The standard InChI is InChI=1S/C18H18N2O2/c1-12(2)10-13-5-7-14(8-6-13)17-20-16(18(21)22-17)11-15-4-3-9-19-15/h3-9,11-12,19H,10H2,1-2H3/b16-11+. The maximum absolute atomic E-state index is 11.9. The normalized spacial score (nSPS) is 16.2. The Morgan fingerprint density at radius 3 is 2.64 bits per heavy atom. The molecule has 0 bridgehead atoms. The van der Waals surface area contributed by atoms with Gasteiger partial charge in [0.2, 0.25) is 5.90 Å². The number of carbonyl (C=O) groups excluding carboxylic acids is 1. The first-order valence-electron chi connectivity index (χ1n) is 7.37. The van der Waals surface area contributed by atoms with Crippen molar-refractivity contribution in [1.82, 2.24) is 4.98 Å². The van der Waals surface area contributed by atoms with E-state index in [-0.39, 0.29) is 0 Å². The maximum Gasteiger partial charge on any atom is 0.363 e. The van der Waals surface area contributed by atoms with Crippen molar-refractivity contribution in [3.05, 3.63) is 65.1 Å². The van der Waals surface area contributed by atoms with Crippen LogP contribution in [0, 0.1) is 5.92 Å². The molecule has 1 aliphatic rings. The Balaban J connectivity index is 1.82. The van der Waals surface area contributed by atoms with Crippen molar-refractivity contribution in [2.75, 3.05) is 0 Å². The summed E-state index contributed by atoms with van der Waals surface area (Å²) in [4.78, 5) is 19.2. The Bertz CT molecular complexity index is 723. The highest BCUT2D eigenvalue weighted by atomic mass is 16.6. The zero-order chi connectivity index (χ0) is 15.5. The zero-order valence-corrected chi connectivity index (χ0v) is 12.7. The first-order chi connectivity index (χ1) is 10.6. The van der Waals surface area contributed by atoms with E-state index in [0.29, 0.717) is 17.5 Å². The van der Waals surface area contributed by atoms with Gasteiger partial charge < -0.3 is 9.72 Å². The van der Waals surface area contributed by atoms with Crippen molar-refractivity contribution >= 4 is 17.9 Å². The Labute approximate surface area is 129 Å². The van der Waals surface area contributed by atoms with E-state index in [1.807, 2.05) is 24.3 Å². The van der Waals surface area contributed by atoms with E-state index in [9.17, 15) is 4.79 Å². The van der Waals surface area contributed by atoms with Gasteiger partial charge in [0, 0.05) is 17.5 Å². The number of aromatic amines is 1. The highest BCUT2D eigenvalue weighted by Crippen LogP contribution is 2.19. The minimum Gasteiger partial charge on any atom is -0.402 e. The quantitative estimate of drug-likeness (QED) is 0.692. The van der Waals surface area contributed by atoms with Crippen molar-refractivity contribution in [3.63, 3.8) is 0 Å². The summed E-state index contributed by atoms with van der Waals surface area (Å²) in [6.07, 6.45) is 4.51. The first kappa shape index (κ1) is 14.3. The second-order valence-electron chi connectivity index (χ2n) is 5.76. The number of cyclic esters (lactones) is 1. The number of hydrogen-bond acceptors (Lipinski definition) is 3. The molecule has 0 atom stereocenters. The molecule has 1 aromatic carbocycles. The molecule has 0 radical (unpaired) electrons. The van der Waals surface area contributed by atoms with Crippen LogP contribution in [0.1, 0.15) is 30.7 Å². The molecule has 1 aliphatic heterocycles. The predicted molar refractivity (Wildman–Crippen MR) is 86.4 cm³/mol. The van der Waals surface area contributed by atoms with Gasteiger partial charge in [0.15, 0.2) is 5.70 Å². The first-order valence-corrected chi connectivity index (χ1v) is 7.37. The summed E-state index contributed by atoms with van der Waals surface area (Å²) in [6, 6.07) is 11.7. The van der Waals surface area contributed by atoms with E-state index in [4.69, 9.17) is 4.74 Å². The Morgan fingerprint density at radius 2 is 2.00 bits per heavy atom. The average molecular weight is 294 g/mol. The van der Waals surface area contributed by atoms with Crippen molar-refractivity contribution in [1.29, 1.82) is 0 Å². The van der Waals surface area contributed by atoms with E-state index in [1.54, 1.807) is 12.3 Å². The number of carbonyl (C=O) groups is 1. The SMILES string of the molecule is CC(C)Cc1ccc(C2=N/C(=C/c3ccc[nH]3)C(=O)O2)cc1. The highest BCUT2D eigenvalue weighted by Gasteiger charge is 2.24. The largest absolute Gasteiger partial charge is 0.402 e. The van der Waals surface area contributed by atoms with Crippen LogP contribution in [0.5, 0.6) is 0 Å². The van der Waals surface area contributed by atoms with Crippen LogP contribution in [0.25, 0.3) is 6.08 Å². The molecular weight excluding hydrogens is 276 g/mol. The third-order valence-corrected chi connectivity index (χ3v) is 3.38. The molecule has 0 amide bonds. The topological polar surface area (TPSA) is 54.5 Å². The average Bonchev–Trinajstić information content (AvgIpc) is 3.10. The number of H-pyrrole nitrogens is 1. The number of nitrogens with one attached hydrogen (secondary N) is 1. The Kier molecular flexibility index (Phi) is 3.92. The molecule has 3 rings (SSSR count). The van der Waals surface area contributed by atoms with Crippen LogP contribution in [0.2, 0.25) is 0 Å². The Morgan fingerprint density at radius 1 is 1.23 bits per heavy atom. The van der Waals surface area contributed by atoms with E-state index in [0.717, 1.165) is 17.7 Å². The van der Waals surface area contributed by atoms with E-state index in [2.05, 4.69) is 36.0 Å². The van der Waals surface area contributed by atoms with Crippen LogP contribution in [0.4, 0.5) is 0 Å². The van der Waals surface area contributed by atoms with Gasteiger partial charge in [-0.25, -0.2) is 9.79 Å². The monoisotopic (exact) mass is 294 g/mol. The smallest absolute Gasteiger partial charge is 0.363 e. The summed E-state index contributed by atoms with van der Waals surface area (Å²) in [5.74, 6) is 0.553. The molecule has 1 aromatic heterocycles. The molecule has 0 aliphatic carbocycles. The molecular formula is C18H18N2O2. The number of benzene rings is 1. The zero-order valence-electron chi connectivity index (χ0n) is 12.7. The van der Waals surface area contributed by atoms with Crippen LogP contribution in [-0.4, -0.2) is 16.9 Å². The summed E-state index contributed by atoms with van der Waals surface area (Å²) < 4.78 is 5.26. The molecule has 0 saturated carbocycles. The molecule has 0 saturated heterocycles. The molecule has 0 spiro atoms. The van der Waals surface area contributed by atoms with Gasteiger partial charge in [0.1, 0.15) is 0 Å². The van der Waals surface area contributed by atoms with Crippen LogP contribution in [0.3, 0.4) is 0 Å². The predicted octanol–water partition coefficient (Wildman–Crippen LogP) is 3.56. The lowest BCUT2D eigenvalue weighted by atomic mass is 10.0. The molecule has 2 aromatic rings. The molecule has 0 fully saturated rings. The molecule has 4 heteroatoms. The lowest BCUT2D eigenvalue weighted by molar-refractivity contribution is -0.129. The van der Waals surface area contributed by atoms with Crippen LogP contribution in [-0.2, 0) is 16.0 Å². The summed E-state index contributed by atoms with van der Waals surface area (Å²) in [5.41, 5.74) is 3.22. The van der Waals surface area contributed by atoms with E-state index in [1.165, 1.54) is 5.56 Å².